The number of guanidine groups is 1. The average Bonchev–Trinajstić information content (AvgIpc) is 3.31. The van der Waals surface area contributed by atoms with E-state index in [1.807, 2.05) is 31.2 Å². The third kappa shape index (κ3) is 10.2. The molecule has 0 unspecified atom stereocenters. The smallest absolute Gasteiger partial charge is 0.191 e. The molecule has 1 aliphatic heterocycles. The molecule has 0 atom stereocenters. The number of rotatable bonds is 12. The maximum Gasteiger partial charge on any atom is 0.191 e. The Kier molecular flexibility index (Phi) is 13.2. The first-order chi connectivity index (χ1) is 15.3. The Hall–Kier alpha value is -1.78. The van der Waals surface area contributed by atoms with Crippen LogP contribution in [-0.4, -0.2) is 69.9 Å². The van der Waals surface area contributed by atoms with Crippen molar-refractivity contribution in [2.24, 2.45) is 4.99 Å². The minimum atomic E-state index is 0. The van der Waals surface area contributed by atoms with Crippen LogP contribution in [0.5, 0.6) is 5.75 Å². The molecule has 2 aromatic rings. The lowest BCUT2D eigenvalue weighted by Crippen LogP contribution is -2.40. The lowest BCUT2D eigenvalue weighted by atomic mass is 10.1. The van der Waals surface area contributed by atoms with Gasteiger partial charge in [0.25, 0.3) is 0 Å². The number of benzene rings is 1. The summed E-state index contributed by atoms with van der Waals surface area (Å²) in [6.07, 6.45) is 4.50. The van der Waals surface area contributed by atoms with Crippen LogP contribution in [0, 0.1) is 0 Å². The van der Waals surface area contributed by atoms with Crippen molar-refractivity contribution < 1.29 is 13.9 Å². The van der Waals surface area contributed by atoms with E-state index in [-0.39, 0.29) is 24.0 Å². The Balaban J connectivity index is 0.00000363. The molecule has 8 heteroatoms. The molecule has 0 bridgehead atoms. The van der Waals surface area contributed by atoms with Gasteiger partial charge in [-0.15, -0.1) is 24.0 Å². The van der Waals surface area contributed by atoms with Crippen LogP contribution in [0.1, 0.15) is 24.7 Å². The zero-order valence-corrected chi connectivity index (χ0v) is 21.4. The highest BCUT2D eigenvalue weighted by atomic mass is 127. The van der Waals surface area contributed by atoms with Gasteiger partial charge >= 0.3 is 0 Å². The number of ether oxygens (including phenoxy) is 2. The molecule has 0 saturated carbocycles. The third-order valence-electron chi connectivity index (χ3n) is 5.17. The Labute approximate surface area is 209 Å². The van der Waals surface area contributed by atoms with Crippen molar-refractivity contribution in [1.82, 2.24) is 15.5 Å². The van der Waals surface area contributed by atoms with E-state index in [0.717, 1.165) is 89.2 Å². The second-order valence-electron chi connectivity index (χ2n) is 7.55. The quantitative estimate of drug-likeness (QED) is 0.181. The van der Waals surface area contributed by atoms with Crippen LogP contribution in [0.4, 0.5) is 0 Å². The summed E-state index contributed by atoms with van der Waals surface area (Å²) in [6.45, 7) is 9.88. The van der Waals surface area contributed by atoms with E-state index in [4.69, 9.17) is 18.9 Å². The first-order valence-electron chi connectivity index (χ1n) is 11.4. The summed E-state index contributed by atoms with van der Waals surface area (Å²) < 4.78 is 16.4. The molecule has 1 fully saturated rings. The topological polar surface area (TPSA) is 71.3 Å². The molecule has 3 rings (SSSR count). The standard InChI is InChI=1S/C24H36N4O3.HI/c1-2-30-23-7-3-6-21(20-23)9-12-26-24(27-13-10-22-8-4-17-31-22)25-11-5-14-28-15-18-29-19-16-28;/h3-4,6-8,17,20H,2,5,9-16,18-19H2,1H3,(H2,25,26,27);1H. The Morgan fingerprint density at radius 1 is 1.09 bits per heavy atom. The van der Waals surface area contributed by atoms with Crippen molar-refractivity contribution in [3.8, 4) is 5.75 Å². The molecule has 1 aromatic carbocycles. The van der Waals surface area contributed by atoms with Crippen molar-refractivity contribution in [3.05, 3.63) is 54.0 Å². The number of hydrogen-bond acceptors (Lipinski definition) is 5. The van der Waals surface area contributed by atoms with Gasteiger partial charge < -0.3 is 24.5 Å². The summed E-state index contributed by atoms with van der Waals surface area (Å²) in [5.41, 5.74) is 1.25. The van der Waals surface area contributed by atoms with Crippen LogP contribution in [0.25, 0.3) is 0 Å². The summed E-state index contributed by atoms with van der Waals surface area (Å²) in [5, 5.41) is 6.91. The van der Waals surface area contributed by atoms with E-state index < -0.39 is 0 Å². The lowest BCUT2D eigenvalue weighted by Gasteiger charge is -2.26. The fourth-order valence-corrected chi connectivity index (χ4v) is 3.53. The second kappa shape index (κ2) is 15.9. The highest BCUT2D eigenvalue weighted by molar-refractivity contribution is 14.0. The molecular weight excluding hydrogens is 519 g/mol. The van der Waals surface area contributed by atoms with Gasteiger partial charge in [-0.1, -0.05) is 12.1 Å². The van der Waals surface area contributed by atoms with Gasteiger partial charge in [0.05, 0.1) is 26.1 Å². The predicted octanol–water partition coefficient (Wildman–Crippen LogP) is 3.34. The van der Waals surface area contributed by atoms with Crippen molar-refractivity contribution in [2.75, 3.05) is 59.1 Å². The van der Waals surface area contributed by atoms with Crippen LogP contribution in [0.2, 0.25) is 0 Å². The zero-order valence-electron chi connectivity index (χ0n) is 19.1. The highest BCUT2D eigenvalue weighted by Crippen LogP contribution is 2.13. The summed E-state index contributed by atoms with van der Waals surface area (Å²) in [5.74, 6) is 2.76. The number of nitrogens with zero attached hydrogens (tertiary/aromatic N) is 2. The van der Waals surface area contributed by atoms with Crippen molar-refractivity contribution in [1.29, 1.82) is 0 Å². The fourth-order valence-electron chi connectivity index (χ4n) is 3.53. The summed E-state index contributed by atoms with van der Waals surface area (Å²) in [4.78, 5) is 7.23. The Bertz CT molecular complexity index is 764. The molecule has 2 heterocycles. The summed E-state index contributed by atoms with van der Waals surface area (Å²) >= 11 is 0. The molecule has 1 aromatic heterocycles. The number of hydrogen-bond donors (Lipinski definition) is 2. The molecule has 1 saturated heterocycles. The van der Waals surface area contributed by atoms with Gasteiger partial charge in [-0.3, -0.25) is 9.89 Å². The van der Waals surface area contributed by atoms with E-state index in [9.17, 15) is 0 Å². The van der Waals surface area contributed by atoms with Crippen LogP contribution in [-0.2, 0) is 17.6 Å². The third-order valence-corrected chi connectivity index (χ3v) is 5.17. The van der Waals surface area contributed by atoms with Gasteiger partial charge in [0.15, 0.2) is 5.96 Å². The largest absolute Gasteiger partial charge is 0.494 e. The van der Waals surface area contributed by atoms with E-state index in [1.165, 1.54) is 5.56 Å². The minimum Gasteiger partial charge on any atom is -0.494 e. The molecular formula is C24H37IN4O3. The predicted molar refractivity (Wildman–Crippen MR) is 139 cm³/mol. The normalized spacial score (nSPS) is 14.6. The number of furan rings is 1. The highest BCUT2D eigenvalue weighted by Gasteiger charge is 2.09. The lowest BCUT2D eigenvalue weighted by molar-refractivity contribution is 0.0377. The minimum absolute atomic E-state index is 0. The van der Waals surface area contributed by atoms with Crippen LogP contribution < -0.4 is 15.4 Å². The maximum absolute atomic E-state index is 5.60. The number of aliphatic imine (C=N–C) groups is 1. The van der Waals surface area contributed by atoms with Gasteiger partial charge in [-0.05, 0) is 49.6 Å². The zero-order chi connectivity index (χ0) is 21.6. The molecule has 0 spiro atoms. The van der Waals surface area contributed by atoms with Gasteiger partial charge in [0.2, 0.25) is 0 Å². The van der Waals surface area contributed by atoms with E-state index in [0.29, 0.717) is 6.61 Å². The van der Waals surface area contributed by atoms with Gasteiger partial charge in [-0.25, -0.2) is 0 Å². The van der Waals surface area contributed by atoms with Crippen molar-refractivity contribution in [3.63, 3.8) is 0 Å². The van der Waals surface area contributed by atoms with Crippen LogP contribution >= 0.6 is 24.0 Å². The number of nitrogens with one attached hydrogen (secondary N) is 2. The van der Waals surface area contributed by atoms with Crippen molar-refractivity contribution in [2.45, 2.75) is 26.2 Å². The second-order valence-corrected chi connectivity index (χ2v) is 7.55. The van der Waals surface area contributed by atoms with Gasteiger partial charge in [-0.2, -0.15) is 0 Å². The molecule has 2 N–H and O–H groups in total. The number of morpholine rings is 1. The molecule has 7 nitrogen and oxygen atoms in total. The Morgan fingerprint density at radius 2 is 1.91 bits per heavy atom. The van der Waals surface area contributed by atoms with Crippen LogP contribution in [0.3, 0.4) is 0 Å². The molecule has 32 heavy (non-hydrogen) atoms. The maximum atomic E-state index is 5.60. The Morgan fingerprint density at radius 3 is 2.66 bits per heavy atom. The molecule has 178 valence electrons. The first kappa shape index (κ1) is 26.5. The van der Waals surface area contributed by atoms with Crippen LogP contribution in [0.15, 0.2) is 52.1 Å². The molecule has 0 radical (unpaired) electrons. The van der Waals surface area contributed by atoms with E-state index in [1.54, 1.807) is 6.26 Å². The monoisotopic (exact) mass is 556 g/mol. The fraction of sp³-hybridized carbons (Fsp3) is 0.542. The average molecular weight is 556 g/mol. The van der Waals surface area contributed by atoms with E-state index in [2.05, 4.69) is 27.7 Å². The summed E-state index contributed by atoms with van der Waals surface area (Å²) in [7, 11) is 0. The van der Waals surface area contributed by atoms with Crippen molar-refractivity contribution >= 4 is 29.9 Å². The molecule has 0 amide bonds. The van der Waals surface area contributed by atoms with Gasteiger partial charge in [0.1, 0.15) is 11.5 Å². The molecule has 0 aliphatic carbocycles. The van der Waals surface area contributed by atoms with E-state index >= 15 is 0 Å². The SMILES string of the molecule is CCOc1cccc(CCNC(=NCCCN2CCOCC2)NCCc2ccco2)c1.I. The number of halogens is 1. The summed E-state index contributed by atoms with van der Waals surface area (Å²) in [6, 6.07) is 12.2. The van der Waals surface area contributed by atoms with Gasteiger partial charge in [0, 0.05) is 45.7 Å². The molecule has 1 aliphatic rings. The first-order valence-corrected chi connectivity index (χ1v) is 11.4.